The molecule has 1 fully saturated rings. The zero-order valence-electron chi connectivity index (χ0n) is 9.78. The third-order valence-corrected chi connectivity index (χ3v) is 3.10. The van der Waals surface area contributed by atoms with Gasteiger partial charge < -0.3 is 10.6 Å². The summed E-state index contributed by atoms with van der Waals surface area (Å²) >= 11 is 0. The summed E-state index contributed by atoms with van der Waals surface area (Å²) in [5.41, 5.74) is 6.02. The molecule has 0 aromatic heterocycles. The molecule has 6 heteroatoms. The molecule has 102 valence electrons. The van der Waals surface area contributed by atoms with Gasteiger partial charge in [-0.25, -0.2) is 0 Å². The fraction of sp³-hybridized carbons (Fsp3) is 0.500. The van der Waals surface area contributed by atoms with Crippen molar-refractivity contribution in [2.45, 2.75) is 25.1 Å². The minimum atomic E-state index is -4.26. The van der Waals surface area contributed by atoms with Crippen molar-refractivity contribution >= 4 is 18.1 Å². The topological polar surface area (TPSA) is 29.3 Å². The van der Waals surface area contributed by atoms with Crippen LogP contribution >= 0.6 is 12.4 Å². The zero-order chi connectivity index (χ0) is 12.5. The summed E-state index contributed by atoms with van der Waals surface area (Å²) in [5, 5.41) is 0. The number of rotatable bonds is 1. The number of hydrogen-bond acceptors (Lipinski definition) is 2. The molecule has 18 heavy (non-hydrogen) atoms. The highest BCUT2D eigenvalue weighted by Crippen LogP contribution is 2.30. The molecule has 1 heterocycles. The SMILES string of the molecule is Cl.NC1CCN(c2ccc(C(F)(F)F)cc2)CC1. The highest BCUT2D eigenvalue weighted by atomic mass is 35.5. The number of benzene rings is 1. The monoisotopic (exact) mass is 280 g/mol. The van der Waals surface area contributed by atoms with Crippen LogP contribution in [0.1, 0.15) is 18.4 Å². The van der Waals surface area contributed by atoms with E-state index in [4.69, 9.17) is 5.73 Å². The van der Waals surface area contributed by atoms with Crippen LogP contribution in [0.25, 0.3) is 0 Å². The van der Waals surface area contributed by atoms with E-state index in [1.54, 1.807) is 0 Å². The van der Waals surface area contributed by atoms with Crippen molar-refractivity contribution in [1.29, 1.82) is 0 Å². The lowest BCUT2D eigenvalue weighted by molar-refractivity contribution is -0.137. The molecule has 2 N–H and O–H groups in total. The number of nitrogens with two attached hydrogens (primary N) is 1. The average Bonchev–Trinajstić information content (AvgIpc) is 2.29. The van der Waals surface area contributed by atoms with E-state index >= 15 is 0 Å². The van der Waals surface area contributed by atoms with Gasteiger partial charge >= 0.3 is 6.18 Å². The summed E-state index contributed by atoms with van der Waals surface area (Å²) in [6.45, 7) is 1.62. The maximum absolute atomic E-state index is 12.4. The van der Waals surface area contributed by atoms with Gasteiger partial charge in [0.1, 0.15) is 0 Å². The summed E-state index contributed by atoms with van der Waals surface area (Å²) in [7, 11) is 0. The molecular weight excluding hydrogens is 265 g/mol. The van der Waals surface area contributed by atoms with Gasteiger partial charge in [-0.1, -0.05) is 0 Å². The highest BCUT2D eigenvalue weighted by Gasteiger charge is 2.30. The molecule has 0 atom stereocenters. The van der Waals surface area contributed by atoms with Gasteiger partial charge in [-0.2, -0.15) is 13.2 Å². The summed E-state index contributed by atoms with van der Waals surface area (Å²) < 4.78 is 37.1. The van der Waals surface area contributed by atoms with E-state index in [0.29, 0.717) is 0 Å². The Bertz CT molecular complexity index is 370. The summed E-state index contributed by atoms with van der Waals surface area (Å²) in [5.74, 6) is 0. The van der Waals surface area contributed by atoms with Crippen molar-refractivity contribution in [2.75, 3.05) is 18.0 Å². The predicted octanol–water partition coefficient (Wildman–Crippen LogP) is 3.05. The summed E-state index contributed by atoms with van der Waals surface area (Å²) in [6.07, 6.45) is -2.48. The quantitative estimate of drug-likeness (QED) is 0.857. The lowest BCUT2D eigenvalue weighted by Gasteiger charge is -2.32. The third kappa shape index (κ3) is 3.53. The Labute approximate surface area is 110 Å². The Morgan fingerprint density at radius 1 is 1.06 bits per heavy atom. The van der Waals surface area contributed by atoms with Gasteiger partial charge in [-0.05, 0) is 37.1 Å². The minimum Gasteiger partial charge on any atom is -0.371 e. The molecule has 2 rings (SSSR count). The van der Waals surface area contributed by atoms with Crippen molar-refractivity contribution in [3.63, 3.8) is 0 Å². The van der Waals surface area contributed by atoms with Crippen LogP contribution < -0.4 is 10.6 Å². The standard InChI is InChI=1S/C12H15F3N2.ClH/c13-12(14,15)9-1-3-11(4-2-9)17-7-5-10(16)6-8-17;/h1-4,10H,5-8,16H2;1H. The van der Waals surface area contributed by atoms with Gasteiger partial charge in [0.05, 0.1) is 5.56 Å². The van der Waals surface area contributed by atoms with E-state index < -0.39 is 11.7 Å². The second-order valence-corrected chi connectivity index (χ2v) is 4.37. The van der Waals surface area contributed by atoms with Gasteiger partial charge in [0.25, 0.3) is 0 Å². The number of nitrogens with zero attached hydrogens (tertiary/aromatic N) is 1. The molecule has 0 unspecified atom stereocenters. The molecule has 0 bridgehead atoms. The Hall–Kier alpha value is -0.940. The Balaban J connectivity index is 0.00000162. The van der Waals surface area contributed by atoms with E-state index in [0.717, 1.165) is 43.8 Å². The van der Waals surface area contributed by atoms with Crippen LogP contribution in [-0.4, -0.2) is 19.1 Å². The van der Waals surface area contributed by atoms with Gasteiger partial charge in [0.15, 0.2) is 0 Å². The van der Waals surface area contributed by atoms with Crippen LogP contribution in [0.3, 0.4) is 0 Å². The number of hydrogen-bond donors (Lipinski definition) is 1. The van der Waals surface area contributed by atoms with Crippen LogP contribution in [0.15, 0.2) is 24.3 Å². The molecule has 0 aliphatic carbocycles. The molecule has 0 spiro atoms. The van der Waals surface area contributed by atoms with Gasteiger partial charge in [0, 0.05) is 24.8 Å². The first-order valence-corrected chi connectivity index (χ1v) is 5.64. The molecule has 1 saturated heterocycles. The van der Waals surface area contributed by atoms with Gasteiger partial charge in [0.2, 0.25) is 0 Å². The molecule has 1 aromatic rings. The molecule has 0 saturated carbocycles. The van der Waals surface area contributed by atoms with Crippen LogP contribution in [0.2, 0.25) is 0 Å². The second-order valence-electron chi connectivity index (χ2n) is 4.37. The molecule has 1 aromatic carbocycles. The van der Waals surface area contributed by atoms with Crippen molar-refractivity contribution in [3.8, 4) is 0 Å². The van der Waals surface area contributed by atoms with E-state index in [1.165, 1.54) is 12.1 Å². The van der Waals surface area contributed by atoms with Crippen molar-refractivity contribution in [2.24, 2.45) is 5.73 Å². The lowest BCUT2D eigenvalue weighted by atomic mass is 10.1. The Morgan fingerprint density at radius 2 is 1.56 bits per heavy atom. The Morgan fingerprint density at radius 3 is 2.00 bits per heavy atom. The minimum absolute atomic E-state index is 0. The summed E-state index contributed by atoms with van der Waals surface area (Å²) in [6, 6.07) is 5.54. The largest absolute Gasteiger partial charge is 0.416 e. The maximum atomic E-state index is 12.4. The van der Waals surface area contributed by atoms with Crippen LogP contribution in [0.4, 0.5) is 18.9 Å². The van der Waals surface area contributed by atoms with E-state index in [1.807, 2.05) is 0 Å². The van der Waals surface area contributed by atoms with Crippen molar-refractivity contribution < 1.29 is 13.2 Å². The maximum Gasteiger partial charge on any atom is 0.416 e. The van der Waals surface area contributed by atoms with E-state index in [2.05, 4.69) is 4.90 Å². The molecule has 2 nitrogen and oxygen atoms in total. The molecule has 0 amide bonds. The zero-order valence-corrected chi connectivity index (χ0v) is 10.6. The molecule has 1 aliphatic heterocycles. The fourth-order valence-electron chi connectivity index (χ4n) is 2.02. The van der Waals surface area contributed by atoms with Crippen LogP contribution in [0.5, 0.6) is 0 Å². The lowest BCUT2D eigenvalue weighted by Crippen LogP contribution is -2.39. The van der Waals surface area contributed by atoms with Gasteiger partial charge in [-0.15, -0.1) is 12.4 Å². The normalized spacial score (nSPS) is 17.4. The van der Waals surface area contributed by atoms with Crippen molar-refractivity contribution in [1.82, 2.24) is 0 Å². The first-order chi connectivity index (χ1) is 7.97. The third-order valence-electron chi connectivity index (χ3n) is 3.10. The Kier molecular flexibility index (Phi) is 4.87. The predicted molar refractivity (Wildman–Crippen MR) is 68.1 cm³/mol. The van der Waals surface area contributed by atoms with Gasteiger partial charge in [-0.3, -0.25) is 0 Å². The number of anilines is 1. The van der Waals surface area contributed by atoms with Crippen LogP contribution in [0, 0.1) is 0 Å². The number of halogens is 4. The first-order valence-electron chi connectivity index (χ1n) is 5.64. The van der Waals surface area contributed by atoms with E-state index in [-0.39, 0.29) is 18.4 Å². The number of piperidine rings is 1. The second kappa shape index (κ2) is 5.80. The smallest absolute Gasteiger partial charge is 0.371 e. The fourth-order valence-corrected chi connectivity index (χ4v) is 2.02. The molecule has 1 aliphatic rings. The highest BCUT2D eigenvalue weighted by molar-refractivity contribution is 5.85. The van der Waals surface area contributed by atoms with E-state index in [9.17, 15) is 13.2 Å². The first kappa shape index (κ1) is 15.1. The average molecular weight is 281 g/mol. The summed E-state index contributed by atoms with van der Waals surface area (Å²) in [4.78, 5) is 2.07. The molecular formula is C12H16ClF3N2. The van der Waals surface area contributed by atoms with Crippen molar-refractivity contribution in [3.05, 3.63) is 29.8 Å². The number of alkyl halides is 3. The van der Waals surface area contributed by atoms with Crippen LogP contribution in [-0.2, 0) is 6.18 Å². The molecule has 0 radical (unpaired) electrons.